The zero-order valence-corrected chi connectivity index (χ0v) is 10.8. The van der Waals surface area contributed by atoms with E-state index >= 15 is 0 Å². The fourth-order valence-electron chi connectivity index (χ4n) is 2.49. The summed E-state index contributed by atoms with van der Waals surface area (Å²) in [6.45, 7) is 3.67. The highest BCUT2D eigenvalue weighted by molar-refractivity contribution is 5.75. The van der Waals surface area contributed by atoms with Gasteiger partial charge in [-0.3, -0.25) is 9.69 Å². The van der Waals surface area contributed by atoms with Gasteiger partial charge in [0.15, 0.2) is 0 Å². The highest BCUT2D eigenvalue weighted by atomic mass is 16.5. The van der Waals surface area contributed by atoms with Gasteiger partial charge in [-0.15, -0.1) is 0 Å². The van der Waals surface area contributed by atoms with Crippen LogP contribution < -0.4 is 10.5 Å². The zero-order chi connectivity index (χ0) is 13.0. The number of methoxy groups -OCH3 is 1. The number of benzene rings is 1. The highest BCUT2D eigenvalue weighted by Gasteiger charge is 2.22. The molecule has 0 aromatic heterocycles. The molecule has 1 atom stereocenters. The number of hydrogen-bond acceptors (Lipinski definition) is 4. The van der Waals surface area contributed by atoms with E-state index in [2.05, 4.69) is 4.90 Å². The summed E-state index contributed by atoms with van der Waals surface area (Å²) in [5.74, 6) is 1.45. The van der Waals surface area contributed by atoms with Crippen LogP contribution in [0.25, 0.3) is 0 Å². The summed E-state index contributed by atoms with van der Waals surface area (Å²) in [4.78, 5) is 13.2. The first kappa shape index (κ1) is 13.1. The van der Waals surface area contributed by atoms with E-state index in [-0.39, 0.29) is 0 Å². The number of carbonyl (C=O) groups excluding carboxylic acids is 1. The van der Waals surface area contributed by atoms with Gasteiger partial charge >= 0.3 is 0 Å². The third-order valence-electron chi connectivity index (χ3n) is 3.54. The first-order valence-corrected chi connectivity index (χ1v) is 6.31. The molecule has 1 aromatic rings. The molecule has 98 valence electrons. The predicted molar refractivity (Wildman–Crippen MR) is 70.8 cm³/mol. The first-order valence-electron chi connectivity index (χ1n) is 6.31. The van der Waals surface area contributed by atoms with E-state index in [0.29, 0.717) is 11.5 Å². The van der Waals surface area contributed by atoms with Gasteiger partial charge in [-0.2, -0.15) is 0 Å². The lowest BCUT2D eigenvalue weighted by molar-refractivity contribution is 0.112. The van der Waals surface area contributed by atoms with E-state index in [1.165, 1.54) is 0 Å². The summed E-state index contributed by atoms with van der Waals surface area (Å²) in [7, 11) is 1.66. The zero-order valence-electron chi connectivity index (χ0n) is 10.8. The molecule has 0 aliphatic carbocycles. The van der Waals surface area contributed by atoms with Crippen molar-refractivity contribution in [3.63, 3.8) is 0 Å². The van der Waals surface area contributed by atoms with Gasteiger partial charge in [0.25, 0.3) is 0 Å². The second kappa shape index (κ2) is 5.98. The molecule has 1 heterocycles. The maximum atomic E-state index is 10.8. The van der Waals surface area contributed by atoms with Gasteiger partial charge in [-0.25, -0.2) is 0 Å². The number of nitrogens with two attached hydrogens (primary N) is 1. The lowest BCUT2D eigenvalue weighted by Gasteiger charge is -2.18. The molecule has 0 amide bonds. The molecule has 1 unspecified atom stereocenters. The van der Waals surface area contributed by atoms with Crippen molar-refractivity contribution in [3.8, 4) is 5.75 Å². The minimum Gasteiger partial charge on any atom is -0.496 e. The predicted octanol–water partition coefficient (Wildman–Crippen LogP) is 1.29. The summed E-state index contributed by atoms with van der Waals surface area (Å²) in [5, 5.41) is 0. The van der Waals surface area contributed by atoms with E-state index in [9.17, 15) is 4.79 Å². The number of likely N-dealkylation sites (tertiary alicyclic amines) is 1. The van der Waals surface area contributed by atoms with Gasteiger partial charge in [0.2, 0.25) is 0 Å². The van der Waals surface area contributed by atoms with Crippen molar-refractivity contribution in [1.82, 2.24) is 4.90 Å². The van der Waals surface area contributed by atoms with Crippen LogP contribution in [0.15, 0.2) is 18.2 Å². The number of ether oxygens (including phenoxy) is 1. The summed E-state index contributed by atoms with van der Waals surface area (Å²) >= 11 is 0. The minimum absolute atomic E-state index is 0.602. The number of carbonyl (C=O) groups is 1. The lowest BCUT2D eigenvalue weighted by atomic mass is 10.1. The standard InChI is InChI=1S/C14H20N2O2/c1-18-14-3-2-11(10-17)6-13(14)9-16-5-4-12(7-15)8-16/h2-3,6,10,12H,4-5,7-9,15H2,1H3. The molecular formula is C14H20N2O2. The quantitative estimate of drug-likeness (QED) is 0.798. The summed E-state index contributed by atoms with van der Waals surface area (Å²) < 4.78 is 5.34. The van der Waals surface area contributed by atoms with Crippen molar-refractivity contribution in [1.29, 1.82) is 0 Å². The van der Waals surface area contributed by atoms with Gasteiger partial charge in [0.05, 0.1) is 7.11 Å². The maximum Gasteiger partial charge on any atom is 0.150 e. The Labute approximate surface area is 108 Å². The fourth-order valence-corrected chi connectivity index (χ4v) is 2.49. The van der Waals surface area contributed by atoms with Crippen molar-refractivity contribution in [2.45, 2.75) is 13.0 Å². The largest absolute Gasteiger partial charge is 0.496 e. The molecule has 2 N–H and O–H groups in total. The molecule has 0 spiro atoms. The SMILES string of the molecule is COc1ccc(C=O)cc1CN1CCC(CN)C1. The third kappa shape index (κ3) is 2.89. The van der Waals surface area contributed by atoms with Crippen LogP contribution >= 0.6 is 0 Å². The van der Waals surface area contributed by atoms with Gasteiger partial charge in [-0.1, -0.05) is 0 Å². The van der Waals surface area contributed by atoms with Gasteiger partial charge in [0, 0.05) is 24.2 Å². The molecule has 4 nitrogen and oxygen atoms in total. The topological polar surface area (TPSA) is 55.6 Å². The van der Waals surface area contributed by atoms with E-state index < -0.39 is 0 Å². The summed E-state index contributed by atoms with van der Waals surface area (Å²) in [6.07, 6.45) is 2.03. The van der Waals surface area contributed by atoms with E-state index in [1.807, 2.05) is 12.1 Å². The molecule has 2 rings (SSSR count). The van der Waals surface area contributed by atoms with Crippen LogP contribution in [0.2, 0.25) is 0 Å². The molecule has 0 radical (unpaired) electrons. The number of rotatable bonds is 5. The van der Waals surface area contributed by atoms with Crippen LogP contribution in [0.3, 0.4) is 0 Å². The molecule has 1 saturated heterocycles. The Morgan fingerprint density at radius 2 is 2.39 bits per heavy atom. The van der Waals surface area contributed by atoms with Crippen molar-refractivity contribution < 1.29 is 9.53 Å². The average molecular weight is 248 g/mol. The van der Waals surface area contributed by atoms with Crippen molar-refractivity contribution >= 4 is 6.29 Å². The molecule has 0 saturated carbocycles. The Morgan fingerprint density at radius 3 is 3.00 bits per heavy atom. The Bertz CT molecular complexity index is 420. The molecule has 0 bridgehead atoms. The molecule has 1 aromatic carbocycles. The summed E-state index contributed by atoms with van der Waals surface area (Å²) in [6, 6.07) is 5.54. The van der Waals surface area contributed by atoms with Crippen LogP contribution in [-0.4, -0.2) is 37.9 Å². The second-order valence-corrected chi connectivity index (χ2v) is 4.81. The van der Waals surface area contributed by atoms with Crippen LogP contribution in [0.5, 0.6) is 5.75 Å². The normalized spacial score (nSPS) is 20.0. The molecule has 1 aliphatic rings. The number of hydrogen-bond donors (Lipinski definition) is 1. The highest BCUT2D eigenvalue weighted by Crippen LogP contribution is 2.24. The Kier molecular flexibility index (Phi) is 4.33. The van der Waals surface area contributed by atoms with Crippen LogP contribution in [0.4, 0.5) is 0 Å². The van der Waals surface area contributed by atoms with Gasteiger partial charge in [0.1, 0.15) is 12.0 Å². The second-order valence-electron chi connectivity index (χ2n) is 4.81. The Hall–Kier alpha value is -1.39. The van der Waals surface area contributed by atoms with Crippen molar-refractivity contribution in [2.75, 3.05) is 26.7 Å². The van der Waals surface area contributed by atoms with E-state index in [0.717, 1.165) is 50.2 Å². The average Bonchev–Trinajstić information content (AvgIpc) is 2.86. The molecule has 18 heavy (non-hydrogen) atoms. The maximum absolute atomic E-state index is 10.8. The molecule has 1 aliphatic heterocycles. The van der Waals surface area contributed by atoms with E-state index in [4.69, 9.17) is 10.5 Å². The monoisotopic (exact) mass is 248 g/mol. The summed E-state index contributed by atoms with van der Waals surface area (Å²) in [5.41, 5.74) is 7.46. The van der Waals surface area contributed by atoms with Gasteiger partial charge < -0.3 is 10.5 Å². The van der Waals surface area contributed by atoms with Crippen LogP contribution in [0, 0.1) is 5.92 Å². The Morgan fingerprint density at radius 1 is 1.56 bits per heavy atom. The third-order valence-corrected chi connectivity index (χ3v) is 3.54. The van der Waals surface area contributed by atoms with Crippen LogP contribution in [0.1, 0.15) is 22.3 Å². The first-order chi connectivity index (χ1) is 8.76. The fraction of sp³-hybridized carbons (Fsp3) is 0.500. The van der Waals surface area contributed by atoms with Gasteiger partial charge in [-0.05, 0) is 43.6 Å². The lowest BCUT2D eigenvalue weighted by Crippen LogP contribution is -2.23. The van der Waals surface area contributed by atoms with Crippen LogP contribution in [-0.2, 0) is 6.54 Å². The molecule has 1 fully saturated rings. The van der Waals surface area contributed by atoms with Crippen molar-refractivity contribution in [2.24, 2.45) is 11.7 Å². The minimum atomic E-state index is 0.602. The van der Waals surface area contributed by atoms with Crippen molar-refractivity contribution in [3.05, 3.63) is 29.3 Å². The smallest absolute Gasteiger partial charge is 0.150 e. The Balaban J connectivity index is 2.10. The molecular weight excluding hydrogens is 228 g/mol. The number of aldehydes is 1. The number of nitrogens with zero attached hydrogens (tertiary/aromatic N) is 1. The molecule has 4 heteroatoms. The van der Waals surface area contributed by atoms with E-state index in [1.54, 1.807) is 13.2 Å².